The highest BCUT2D eigenvalue weighted by molar-refractivity contribution is 5.47. The maximum Gasteiger partial charge on any atom is 0.122 e. The molecule has 158 valence electrons. The van der Waals surface area contributed by atoms with Crippen LogP contribution in [-0.4, -0.2) is 13.2 Å². The van der Waals surface area contributed by atoms with Gasteiger partial charge in [-0.05, 0) is 67.8 Å². The van der Waals surface area contributed by atoms with E-state index in [1.165, 1.54) is 38.5 Å². The first-order valence-electron chi connectivity index (χ1n) is 11.1. The van der Waals surface area contributed by atoms with Gasteiger partial charge >= 0.3 is 0 Å². The second kappa shape index (κ2) is 13.8. The molecule has 0 saturated heterocycles. The quantitative estimate of drug-likeness (QED) is 0.238. The molecule has 0 heterocycles. The minimum absolute atomic E-state index is 0.771. The third-order valence-electron chi connectivity index (χ3n) is 4.80. The van der Waals surface area contributed by atoms with Gasteiger partial charge in [-0.1, -0.05) is 52.4 Å². The Bertz CT molecular complexity index is 726. The number of benzene rings is 2. The summed E-state index contributed by atoms with van der Waals surface area (Å²) in [5.41, 5.74) is 2.73. The van der Waals surface area contributed by atoms with Gasteiger partial charge in [0.05, 0.1) is 24.6 Å². The van der Waals surface area contributed by atoms with E-state index in [1.54, 1.807) is 0 Å². The SMILES string of the molecule is CCCCCCOc1ccc(/N=N/c2ccc(OCCCCCC)c(C)c2)cc1. The van der Waals surface area contributed by atoms with Crippen molar-refractivity contribution in [2.75, 3.05) is 13.2 Å². The summed E-state index contributed by atoms with van der Waals surface area (Å²) in [7, 11) is 0. The number of nitrogens with zero attached hydrogens (tertiary/aromatic N) is 2. The Labute approximate surface area is 176 Å². The van der Waals surface area contributed by atoms with Crippen LogP contribution in [0.5, 0.6) is 11.5 Å². The second-order valence-electron chi connectivity index (χ2n) is 7.46. The van der Waals surface area contributed by atoms with Gasteiger partial charge in [0.2, 0.25) is 0 Å². The molecule has 0 aliphatic rings. The summed E-state index contributed by atoms with van der Waals surface area (Å²) >= 11 is 0. The van der Waals surface area contributed by atoms with E-state index in [4.69, 9.17) is 9.47 Å². The van der Waals surface area contributed by atoms with Gasteiger partial charge < -0.3 is 9.47 Å². The molecule has 0 spiro atoms. The predicted molar refractivity (Wildman–Crippen MR) is 121 cm³/mol. The second-order valence-corrected chi connectivity index (χ2v) is 7.46. The number of aryl methyl sites for hydroxylation is 1. The van der Waals surface area contributed by atoms with E-state index in [1.807, 2.05) is 49.4 Å². The largest absolute Gasteiger partial charge is 0.494 e. The van der Waals surface area contributed by atoms with Crippen LogP contribution in [0.15, 0.2) is 52.7 Å². The average Bonchev–Trinajstić information content (AvgIpc) is 2.74. The molecule has 4 heteroatoms. The Balaban J connectivity index is 1.80. The third kappa shape index (κ3) is 9.12. The molecule has 29 heavy (non-hydrogen) atoms. The van der Waals surface area contributed by atoms with Crippen molar-refractivity contribution in [3.63, 3.8) is 0 Å². The summed E-state index contributed by atoms with van der Waals surface area (Å²) in [6.07, 6.45) is 9.69. The van der Waals surface area contributed by atoms with Crippen LogP contribution >= 0.6 is 0 Å². The number of rotatable bonds is 14. The Morgan fingerprint density at radius 2 is 1.24 bits per heavy atom. The normalized spacial score (nSPS) is 11.1. The van der Waals surface area contributed by atoms with E-state index in [0.29, 0.717) is 0 Å². The molecule has 0 atom stereocenters. The van der Waals surface area contributed by atoms with Gasteiger partial charge in [-0.25, -0.2) is 0 Å². The van der Waals surface area contributed by atoms with Crippen LogP contribution in [0.25, 0.3) is 0 Å². The molecule has 2 aromatic carbocycles. The standard InChI is InChI=1S/C25H36N2O2/c1-4-6-8-10-18-28-24-15-12-22(13-16-24)26-27-23-14-17-25(21(3)20-23)29-19-11-9-7-5-2/h12-17,20H,4-11,18-19H2,1-3H3/b27-26+. The molecule has 2 rings (SSSR count). The number of hydrogen-bond donors (Lipinski definition) is 0. The molecule has 0 bridgehead atoms. The minimum Gasteiger partial charge on any atom is -0.494 e. The first-order chi connectivity index (χ1) is 14.2. The monoisotopic (exact) mass is 396 g/mol. The summed E-state index contributed by atoms with van der Waals surface area (Å²) < 4.78 is 11.6. The topological polar surface area (TPSA) is 43.2 Å². The van der Waals surface area contributed by atoms with Gasteiger partial charge in [0.15, 0.2) is 0 Å². The van der Waals surface area contributed by atoms with Crippen LogP contribution in [0.1, 0.15) is 70.8 Å². The zero-order chi connectivity index (χ0) is 20.7. The fourth-order valence-electron chi connectivity index (χ4n) is 3.01. The van der Waals surface area contributed by atoms with Gasteiger partial charge in [-0.3, -0.25) is 0 Å². The van der Waals surface area contributed by atoms with E-state index in [-0.39, 0.29) is 0 Å². The molecule has 0 fully saturated rings. The molecule has 2 aromatic rings. The zero-order valence-corrected chi connectivity index (χ0v) is 18.3. The molecule has 0 aliphatic carbocycles. The van der Waals surface area contributed by atoms with Crippen LogP contribution in [0.3, 0.4) is 0 Å². The van der Waals surface area contributed by atoms with Gasteiger partial charge in [0.25, 0.3) is 0 Å². The van der Waals surface area contributed by atoms with Crippen molar-refractivity contribution in [3.05, 3.63) is 48.0 Å². The molecule has 4 nitrogen and oxygen atoms in total. The molecular formula is C25H36N2O2. The summed E-state index contributed by atoms with van der Waals surface area (Å²) in [6, 6.07) is 13.7. The number of ether oxygens (including phenoxy) is 2. The van der Waals surface area contributed by atoms with E-state index >= 15 is 0 Å². The summed E-state index contributed by atoms with van der Waals surface area (Å²) in [4.78, 5) is 0. The maximum atomic E-state index is 5.88. The molecule has 0 N–H and O–H groups in total. The van der Waals surface area contributed by atoms with E-state index < -0.39 is 0 Å². The van der Waals surface area contributed by atoms with Gasteiger partial charge in [-0.15, -0.1) is 0 Å². The fraction of sp³-hybridized carbons (Fsp3) is 0.520. The lowest BCUT2D eigenvalue weighted by Gasteiger charge is -2.09. The van der Waals surface area contributed by atoms with Crippen molar-refractivity contribution in [1.82, 2.24) is 0 Å². The van der Waals surface area contributed by atoms with Gasteiger partial charge in [0.1, 0.15) is 11.5 Å². The van der Waals surface area contributed by atoms with Crippen LogP contribution in [0, 0.1) is 6.92 Å². The highest BCUT2D eigenvalue weighted by atomic mass is 16.5. The Kier molecular flexibility index (Phi) is 10.9. The summed E-state index contributed by atoms with van der Waals surface area (Å²) in [5.74, 6) is 1.82. The predicted octanol–water partition coefficient (Wildman–Crippen LogP) is 8.33. The lowest BCUT2D eigenvalue weighted by Crippen LogP contribution is -1.98. The third-order valence-corrected chi connectivity index (χ3v) is 4.80. The summed E-state index contributed by atoms with van der Waals surface area (Å²) in [6.45, 7) is 8.03. The van der Waals surface area contributed by atoms with Crippen molar-refractivity contribution in [1.29, 1.82) is 0 Å². The highest BCUT2D eigenvalue weighted by Gasteiger charge is 2.02. The number of azo groups is 1. The van der Waals surface area contributed by atoms with Crippen LogP contribution in [0.2, 0.25) is 0 Å². The van der Waals surface area contributed by atoms with Gasteiger partial charge in [-0.2, -0.15) is 10.2 Å². The first kappa shape index (κ1) is 22.9. The molecule has 0 unspecified atom stereocenters. The van der Waals surface area contributed by atoms with Crippen molar-refractivity contribution in [3.8, 4) is 11.5 Å². The lowest BCUT2D eigenvalue weighted by molar-refractivity contribution is 0.303. The van der Waals surface area contributed by atoms with Crippen molar-refractivity contribution in [2.45, 2.75) is 72.1 Å². The van der Waals surface area contributed by atoms with Crippen LogP contribution in [0.4, 0.5) is 11.4 Å². The molecule has 0 radical (unpaired) electrons. The van der Waals surface area contributed by atoms with Gasteiger partial charge in [0, 0.05) is 0 Å². The van der Waals surface area contributed by atoms with Crippen molar-refractivity contribution < 1.29 is 9.47 Å². The van der Waals surface area contributed by atoms with E-state index in [0.717, 1.165) is 54.5 Å². The fourth-order valence-corrected chi connectivity index (χ4v) is 3.01. The van der Waals surface area contributed by atoms with Crippen molar-refractivity contribution in [2.24, 2.45) is 10.2 Å². The lowest BCUT2D eigenvalue weighted by atomic mass is 10.2. The first-order valence-corrected chi connectivity index (χ1v) is 11.1. The van der Waals surface area contributed by atoms with Crippen LogP contribution < -0.4 is 9.47 Å². The van der Waals surface area contributed by atoms with Crippen molar-refractivity contribution >= 4 is 11.4 Å². The molecule has 0 amide bonds. The molecular weight excluding hydrogens is 360 g/mol. The Morgan fingerprint density at radius 3 is 1.86 bits per heavy atom. The zero-order valence-electron chi connectivity index (χ0n) is 18.3. The Morgan fingerprint density at radius 1 is 0.655 bits per heavy atom. The smallest absolute Gasteiger partial charge is 0.122 e. The molecule has 0 saturated carbocycles. The summed E-state index contributed by atoms with van der Waals surface area (Å²) in [5, 5.41) is 8.69. The minimum atomic E-state index is 0.771. The Hall–Kier alpha value is -2.36. The molecule has 0 aliphatic heterocycles. The number of unbranched alkanes of at least 4 members (excludes halogenated alkanes) is 6. The number of hydrogen-bond acceptors (Lipinski definition) is 4. The maximum absolute atomic E-state index is 5.88. The van der Waals surface area contributed by atoms with E-state index in [9.17, 15) is 0 Å². The average molecular weight is 397 g/mol. The highest BCUT2D eigenvalue weighted by Crippen LogP contribution is 2.26. The molecule has 0 aromatic heterocycles. The van der Waals surface area contributed by atoms with Crippen LogP contribution in [-0.2, 0) is 0 Å². The van der Waals surface area contributed by atoms with E-state index in [2.05, 4.69) is 24.1 Å².